The Morgan fingerprint density at radius 1 is 1.39 bits per heavy atom. The number of hydrogen-bond acceptors (Lipinski definition) is 4. The molecule has 1 aromatic carbocycles. The third-order valence-electron chi connectivity index (χ3n) is 2.09. The Kier molecular flexibility index (Phi) is 5.88. The van der Waals surface area contributed by atoms with Gasteiger partial charge in [-0.3, -0.25) is 9.00 Å². The number of benzene rings is 1. The van der Waals surface area contributed by atoms with E-state index in [0.717, 1.165) is 5.56 Å². The van der Waals surface area contributed by atoms with Crippen molar-refractivity contribution in [3.63, 3.8) is 0 Å². The van der Waals surface area contributed by atoms with Gasteiger partial charge >= 0.3 is 0 Å². The molecular formula is C12H14N2O3S. The standard InChI is InChI=1S/C12H14N2O3S/c13-6-5-10-1-3-11(4-2-10)17-7-8-18(16)9-12(14)15/h1-4H,5,7-9H2,(H2,14,15). The van der Waals surface area contributed by atoms with E-state index in [0.29, 0.717) is 12.2 Å². The van der Waals surface area contributed by atoms with E-state index in [2.05, 4.69) is 6.07 Å². The summed E-state index contributed by atoms with van der Waals surface area (Å²) in [5.74, 6) is 0.204. The molecule has 18 heavy (non-hydrogen) atoms. The second-order valence-electron chi connectivity index (χ2n) is 3.58. The highest BCUT2D eigenvalue weighted by atomic mass is 32.2. The van der Waals surface area contributed by atoms with Gasteiger partial charge in [-0.25, -0.2) is 0 Å². The molecule has 1 amide bonds. The van der Waals surface area contributed by atoms with Gasteiger partial charge in [-0.1, -0.05) is 12.1 Å². The molecular weight excluding hydrogens is 252 g/mol. The number of primary amides is 1. The van der Waals surface area contributed by atoms with Crippen LogP contribution in [0.2, 0.25) is 0 Å². The van der Waals surface area contributed by atoms with Crippen LogP contribution in [-0.2, 0) is 22.0 Å². The Morgan fingerprint density at radius 2 is 2.06 bits per heavy atom. The fourth-order valence-electron chi connectivity index (χ4n) is 1.28. The first-order chi connectivity index (χ1) is 8.61. The number of nitrogens with two attached hydrogens (primary N) is 1. The third kappa shape index (κ3) is 5.46. The molecule has 0 bridgehead atoms. The first kappa shape index (κ1) is 14.2. The Bertz CT molecular complexity index is 465. The van der Waals surface area contributed by atoms with Crippen molar-refractivity contribution in [1.82, 2.24) is 0 Å². The van der Waals surface area contributed by atoms with Gasteiger partial charge in [0.25, 0.3) is 0 Å². The first-order valence-electron chi connectivity index (χ1n) is 5.34. The van der Waals surface area contributed by atoms with E-state index in [1.54, 1.807) is 24.3 Å². The fourth-order valence-corrected chi connectivity index (χ4v) is 2.01. The van der Waals surface area contributed by atoms with Crippen molar-refractivity contribution in [3.05, 3.63) is 29.8 Å². The summed E-state index contributed by atoms with van der Waals surface area (Å²) in [6.45, 7) is 0.261. The molecule has 0 aromatic heterocycles. The van der Waals surface area contributed by atoms with E-state index in [1.165, 1.54) is 0 Å². The van der Waals surface area contributed by atoms with E-state index < -0.39 is 16.7 Å². The zero-order valence-corrected chi connectivity index (χ0v) is 10.6. The van der Waals surface area contributed by atoms with Crippen LogP contribution in [0.4, 0.5) is 0 Å². The van der Waals surface area contributed by atoms with Crippen LogP contribution in [0.1, 0.15) is 5.56 Å². The van der Waals surface area contributed by atoms with Gasteiger partial charge in [0.1, 0.15) is 11.5 Å². The average molecular weight is 266 g/mol. The maximum atomic E-state index is 11.3. The molecule has 0 fully saturated rings. The van der Waals surface area contributed by atoms with Crippen LogP contribution >= 0.6 is 0 Å². The van der Waals surface area contributed by atoms with Crippen molar-refractivity contribution in [2.24, 2.45) is 5.73 Å². The molecule has 1 aromatic rings. The summed E-state index contributed by atoms with van der Waals surface area (Å²) in [5.41, 5.74) is 5.84. The molecule has 0 saturated carbocycles. The number of amides is 1. The third-order valence-corrected chi connectivity index (χ3v) is 3.32. The zero-order valence-electron chi connectivity index (χ0n) is 9.80. The van der Waals surface area contributed by atoms with Crippen LogP contribution in [0.5, 0.6) is 5.75 Å². The lowest BCUT2D eigenvalue weighted by molar-refractivity contribution is -0.115. The minimum Gasteiger partial charge on any atom is -0.493 e. The van der Waals surface area contributed by atoms with E-state index >= 15 is 0 Å². The molecule has 0 radical (unpaired) electrons. The molecule has 0 aliphatic carbocycles. The van der Waals surface area contributed by atoms with Gasteiger partial charge in [0.2, 0.25) is 5.91 Å². The van der Waals surface area contributed by atoms with E-state index in [9.17, 15) is 9.00 Å². The van der Waals surface area contributed by atoms with Crippen LogP contribution in [0.15, 0.2) is 24.3 Å². The number of nitrogens with zero attached hydrogens (tertiary/aromatic N) is 1. The van der Waals surface area contributed by atoms with Crippen LogP contribution in [-0.4, -0.2) is 28.2 Å². The number of carbonyl (C=O) groups is 1. The maximum Gasteiger partial charge on any atom is 0.230 e. The monoisotopic (exact) mass is 266 g/mol. The lowest BCUT2D eigenvalue weighted by atomic mass is 10.2. The normalized spacial score (nSPS) is 11.5. The summed E-state index contributed by atoms with van der Waals surface area (Å²) in [6.07, 6.45) is 0.364. The van der Waals surface area contributed by atoms with Crippen LogP contribution in [0.25, 0.3) is 0 Å². The van der Waals surface area contributed by atoms with Crippen molar-refractivity contribution < 1.29 is 13.7 Å². The summed E-state index contributed by atoms with van der Waals surface area (Å²) in [5, 5.41) is 8.51. The summed E-state index contributed by atoms with van der Waals surface area (Å²) >= 11 is 0. The Hall–Kier alpha value is -1.87. The molecule has 0 aliphatic heterocycles. The molecule has 1 rings (SSSR count). The van der Waals surface area contributed by atoms with Crippen molar-refractivity contribution in [1.29, 1.82) is 5.26 Å². The average Bonchev–Trinajstić information content (AvgIpc) is 2.31. The highest BCUT2D eigenvalue weighted by Crippen LogP contribution is 2.12. The second kappa shape index (κ2) is 7.45. The molecule has 1 unspecified atom stereocenters. The van der Waals surface area contributed by atoms with Crippen molar-refractivity contribution >= 4 is 16.7 Å². The molecule has 0 aliphatic rings. The van der Waals surface area contributed by atoms with Crippen molar-refractivity contribution in [2.45, 2.75) is 6.42 Å². The first-order valence-corrected chi connectivity index (χ1v) is 6.82. The predicted octanol–water partition coefficient (Wildman–Crippen LogP) is 0.365. The summed E-state index contributed by atoms with van der Waals surface area (Å²) < 4.78 is 16.6. The van der Waals surface area contributed by atoms with Crippen molar-refractivity contribution in [3.8, 4) is 11.8 Å². The smallest absolute Gasteiger partial charge is 0.230 e. The Morgan fingerprint density at radius 3 is 2.61 bits per heavy atom. The van der Waals surface area contributed by atoms with Gasteiger partial charge in [0.05, 0.1) is 24.8 Å². The number of carbonyl (C=O) groups excluding carboxylic acids is 1. The van der Waals surface area contributed by atoms with Gasteiger partial charge in [0, 0.05) is 10.8 Å². The van der Waals surface area contributed by atoms with Gasteiger partial charge in [-0.05, 0) is 17.7 Å². The highest BCUT2D eigenvalue weighted by molar-refractivity contribution is 7.85. The van der Waals surface area contributed by atoms with Gasteiger partial charge in [0.15, 0.2) is 0 Å². The molecule has 0 saturated heterocycles. The van der Waals surface area contributed by atoms with Gasteiger partial charge < -0.3 is 10.5 Å². The highest BCUT2D eigenvalue weighted by Gasteiger charge is 2.04. The SMILES string of the molecule is N#CCc1ccc(OCCS(=O)CC(N)=O)cc1. The second-order valence-corrected chi connectivity index (χ2v) is 5.16. The molecule has 0 spiro atoms. The van der Waals surface area contributed by atoms with Gasteiger partial charge in [-0.2, -0.15) is 5.26 Å². The quantitative estimate of drug-likeness (QED) is 0.771. The lowest BCUT2D eigenvalue weighted by Gasteiger charge is -2.06. The molecule has 96 valence electrons. The maximum absolute atomic E-state index is 11.3. The number of rotatable bonds is 7. The Balaban J connectivity index is 2.33. The van der Waals surface area contributed by atoms with E-state index in [-0.39, 0.29) is 18.1 Å². The zero-order chi connectivity index (χ0) is 13.4. The van der Waals surface area contributed by atoms with E-state index in [4.69, 9.17) is 15.7 Å². The summed E-state index contributed by atoms with van der Waals surface area (Å²) in [4.78, 5) is 10.5. The minimum atomic E-state index is -1.27. The van der Waals surface area contributed by atoms with Crippen LogP contribution < -0.4 is 10.5 Å². The summed E-state index contributed by atoms with van der Waals surface area (Å²) in [7, 11) is -1.27. The minimum absolute atomic E-state index is 0.134. The molecule has 6 heteroatoms. The molecule has 0 heterocycles. The predicted molar refractivity (Wildman–Crippen MR) is 68.3 cm³/mol. The molecule has 5 nitrogen and oxygen atoms in total. The summed E-state index contributed by atoms with van der Waals surface area (Å²) in [6, 6.07) is 9.17. The largest absolute Gasteiger partial charge is 0.493 e. The topological polar surface area (TPSA) is 93.2 Å². The number of ether oxygens (including phenoxy) is 1. The molecule has 2 N–H and O–H groups in total. The van der Waals surface area contributed by atoms with Gasteiger partial charge in [-0.15, -0.1) is 0 Å². The van der Waals surface area contributed by atoms with Crippen LogP contribution in [0.3, 0.4) is 0 Å². The number of nitriles is 1. The molecule has 1 atom stereocenters. The number of hydrogen-bond donors (Lipinski definition) is 1. The fraction of sp³-hybridized carbons (Fsp3) is 0.333. The van der Waals surface area contributed by atoms with Crippen LogP contribution in [0, 0.1) is 11.3 Å². The lowest BCUT2D eigenvalue weighted by Crippen LogP contribution is -2.22. The van der Waals surface area contributed by atoms with E-state index in [1.807, 2.05) is 0 Å². The Labute approximate surface area is 108 Å². The van der Waals surface area contributed by atoms with Crippen molar-refractivity contribution in [2.75, 3.05) is 18.1 Å².